The Hall–Kier alpha value is -1.95. The van der Waals surface area contributed by atoms with Crippen molar-refractivity contribution in [2.75, 3.05) is 0 Å². The Kier molecular flexibility index (Phi) is 3.96. The smallest absolute Gasteiger partial charge is 0.320 e. The number of carbonyl (C=O) groups is 1. The Labute approximate surface area is 92.0 Å². The highest BCUT2D eigenvalue weighted by molar-refractivity contribution is 5.72. The van der Waals surface area contributed by atoms with Gasteiger partial charge in [-0.15, -0.1) is 0 Å². The summed E-state index contributed by atoms with van der Waals surface area (Å²) in [5.41, 5.74) is 0.685. The van der Waals surface area contributed by atoms with Gasteiger partial charge in [0.1, 0.15) is 6.04 Å². The van der Waals surface area contributed by atoms with Crippen LogP contribution in [-0.4, -0.2) is 22.0 Å². The molecule has 1 aromatic rings. The van der Waals surface area contributed by atoms with Crippen LogP contribution in [0.25, 0.3) is 0 Å². The zero-order valence-electron chi connectivity index (χ0n) is 8.71. The fourth-order valence-electron chi connectivity index (χ4n) is 1.14. The molecule has 6 nitrogen and oxygen atoms in total. The number of carboxylic acids is 1. The molecule has 1 unspecified atom stereocenters. The summed E-state index contributed by atoms with van der Waals surface area (Å²) in [6.45, 7) is 1.80. The lowest BCUT2D eigenvalue weighted by atomic mass is 10.2. The number of carboxylic acid groups (broad SMARTS) is 1. The van der Waals surface area contributed by atoms with Gasteiger partial charge in [-0.1, -0.05) is 12.1 Å². The van der Waals surface area contributed by atoms with Gasteiger partial charge >= 0.3 is 5.97 Å². The van der Waals surface area contributed by atoms with E-state index >= 15 is 0 Å². The molecule has 86 valence electrons. The highest BCUT2D eigenvalue weighted by atomic mass is 16.6. The molecule has 0 heterocycles. The minimum Gasteiger partial charge on any atom is -0.480 e. The molecule has 1 aromatic carbocycles. The molecule has 6 heteroatoms. The van der Waals surface area contributed by atoms with Crippen molar-refractivity contribution in [1.29, 1.82) is 0 Å². The van der Waals surface area contributed by atoms with Gasteiger partial charge in [0.15, 0.2) is 0 Å². The molecular weight excluding hydrogens is 212 g/mol. The predicted octanol–water partition coefficient (Wildman–Crippen LogP) is 1.16. The first kappa shape index (κ1) is 12.1. The van der Waals surface area contributed by atoms with Crippen molar-refractivity contribution in [2.45, 2.75) is 19.5 Å². The quantitative estimate of drug-likeness (QED) is 0.578. The standard InChI is InChI=1S/C10H12N2O4/c1-7(10(13)14)11-6-8-3-2-4-9(5-8)12(15)16/h2-5,7,11H,6H2,1H3,(H,13,14). The summed E-state index contributed by atoms with van der Waals surface area (Å²) in [5.74, 6) is -0.953. The number of hydrogen-bond donors (Lipinski definition) is 2. The number of nitrogens with one attached hydrogen (secondary N) is 1. The molecule has 0 aliphatic rings. The molecule has 0 aromatic heterocycles. The third kappa shape index (κ3) is 3.32. The van der Waals surface area contributed by atoms with E-state index in [0.717, 1.165) is 0 Å². The number of nitro groups is 1. The average Bonchev–Trinajstić information content (AvgIpc) is 2.26. The van der Waals surface area contributed by atoms with Crippen molar-refractivity contribution >= 4 is 11.7 Å². The Bertz CT molecular complexity index is 406. The summed E-state index contributed by atoms with van der Waals surface area (Å²) >= 11 is 0. The molecule has 0 saturated heterocycles. The monoisotopic (exact) mass is 224 g/mol. The number of hydrogen-bond acceptors (Lipinski definition) is 4. The maximum atomic E-state index is 10.5. The molecule has 16 heavy (non-hydrogen) atoms. The van der Waals surface area contributed by atoms with Crippen LogP contribution < -0.4 is 5.32 Å². The molecule has 0 fully saturated rings. The Morgan fingerprint density at radius 3 is 2.88 bits per heavy atom. The summed E-state index contributed by atoms with van der Waals surface area (Å²) in [4.78, 5) is 20.5. The van der Waals surface area contributed by atoms with Crippen molar-refractivity contribution in [3.05, 3.63) is 39.9 Å². The van der Waals surface area contributed by atoms with Gasteiger partial charge in [0.2, 0.25) is 0 Å². The SMILES string of the molecule is CC(NCc1cccc([N+](=O)[O-])c1)C(=O)O. The Balaban J connectivity index is 2.64. The molecule has 1 rings (SSSR count). The molecule has 0 saturated carbocycles. The van der Waals surface area contributed by atoms with Gasteiger partial charge in [0.25, 0.3) is 5.69 Å². The van der Waals surface area contributed by atoms with Gasteiger partial charge in [0, 0.05) is 18.7 Å². The van der Waals surface area contributed by atoms with E-state index in [2.05, 4.69) is 5.32 Å². The van der Waals surface area contributed by atoms with E-state index in [1.807, 2.05) is 0 Å². The van der Waals surface area contributed by atoms with E-state index in [9.17, 15) is 14.9 Å². The highest BCUT2D eigenvalue weighted by Gasteiger charge is 2.10. The van der Waals surface area contributed by atoms with Crippen LogP contribution in [0.4, 0.5) is 5.69 Å². The maximum absolute atomic E-state index is 10.5. The summed E-state index contributed by atoms with van der Waals surface area (Å²) < 4.78 is 0. The minimum absolute atomic E-state index is 0.00211. The molecule has 0 amide bonds. The van der Waals surface area contributed by atoms with E-state index in [1.165, 1.54) is 19.1 Å². The molecule has 2 N–H and O–H groups in total. The van der Waals surface area contributed by atoms with Gasteiger partial charge in [0.05, 0.1) is 4.92 Å². The zero-order chi connectivity index (χ0) is 12.1. The largest absolute Gasteiger partial charge is 0.480 e. The number of benzene rings is 1. The fraction of sp³-hybridized carbons (Fsp3) is 0.300. The second kappa shape index (κ2) is 5.22. The third-order valence-electron chi connectivity index (χ3n) is 2.10. The molecule has 0 bridgehead atoms. The first-order valence-corrected chi connectivity index (χ1v) is 4.70. The lowest BCUT2D eigenvalue weighted by Gasteiger charge is -2.08. The molecule has 0 spiro atoms. The highest BCUT2D eigenvalue weighted by Crippen LogP contribution is 2.12. The van der Waals surface area contributed by atoms with Crippen LogP contribution in [-0.2, 0) is 11.3 Å². The molecular formula is C10H12N2O4. The van der Waals surface area contributed by atoms with Gasteiger partial charge < -0.3 is 10.4 Å². The van der Waals surface area contributed by atoms with Crippen molar-refractivity contribution in [3.63, 3.8) is 0 Å². The molecule has 0 aliphatic carbocycles. The number of rotatable bonds is 5. The Morgan fingerprint density at radius 1 is 1.62 bits per heavy atom. The van der Waals surface area contributed by atoms with Crippen molar-refractivity contribution in [2.24, 2.45) is 0 Å². The van der Waals surface area contributed by atoms with Crippen molar-refractivity contribution in [3.8, 4) is 0 Å². The van der Waals surface area contributed by atoms with Crippen LogP contribution in [0.3, 0.4) is 0 Å². The van der Waals surface area contributed by atoms with E-state index in [1.54, 1.807) is 12.1 Å². The fourth-order valence-corrected chi connectivity index (χ4v) is 1.14. The van der Waals surface area contributed by atoms with E-state index < -0.39 is 16.9 Å². The van der Waals surface area contributed by atoms with E-state index in [-0.39, 0.29) is 12.2 Å². The molecule has 0 radical (unpaired) electrons. The summed E-state index contributed by atoms with van der Waals surface area (Å²) in [5, 5.41) is 21.9. The molecule has 1 atom stereocenters. The average molecular weight is 224 g/mol. The van der Waals surface area contributed by atoms with Crippen LogP contribution in [0.1, 0.15) is 12.5 Å². The zero-order valence-corrected chi connectivity index (χ0v) is 8.71. The number of nitrogens with zero attached hydrogens (tertiary/aromatic N) is 1. The summed E-state index contributed by atoms with van der Waals surface area (Å²) in [7, 11) is 0. The minimum atomic E-state index is -0.953. The maximum Gasteiger partial charge on any atom is 0.320 e. The lowest BCUT2D eigenvalue weighted by molar-refractivity contribution is -0.384. The van der Waals surface area contributed by atoms with Gasteiger partial charge in [-0.05, 0) is 12.5 Å². The van der Waals surface area contributed by atoms with Crippen LogP contribution in [0.5, 0.6) is 0 Å². The second-order valence-electron chi connectivity index (χ2n) is 3.37. The van der Waals surface area contributed by atoms with E-state index in [0.29, 0.717) is 5.56 Å². The van der Waals surface area contributed by atoms with Gasteiger partial charge in [-0.3, -0.25) is 14.9 Å². The van der Waals surface area contributed by atoms with Crippen LogP contribution in [0, 0.1) is 10.1 Å². The third-order valence-corrected chi connectivity index (χ3v) is 2.10. The van der Waals surface area contributed by atoms with Crippen molar-refractivity contribution < 1.29 is 14.8 Å². The van der Waals surface area contributed by atoms with Crippen LogP contribution >= 0.6 is 0 Å². The Morgan fingerprint density at radius 2 is 2.31 bits per heavy atom. The molecule has 0 aliphatic heterocycles. The normalized spacial score (nSPS) is 12.1. The lowest BCUT2D eigenvalue weighted by Crippen LogP contribution is -2.33. The first-order valence-electron chi connectivity index (χ1n) is 4.70. The number of nitro benzene ring substituents is 1. The van der Waals surface area contributed by atoms with E-state index in [4.69, 9.17) is 5.11 Å². The number of aliphatic carboxylic acids is 1. The summed E-state index contributed by atoms with van der Waals surface area (Å²) in [6, 6.07) is 5.40. The number of non-ortho nitro benzene ring substituents is 1. The second-order valence-corrected chi connectivity index (χ2v) is 3.37. The van der Waals surface area contributed by atoms with Crippen molar-refractivity contribution in [1.82, 2.24) is 5.32 Å². The van der Waals surface area contributed by atoms with Gasteiger partial charge in [-0.25, -0.2) is 0 Å². The summed E-state index contributed by atoms with van der Waals surface area (Å²) in [6.07, 6.45) is 0. The first-order chi connectivity index (χ1) is 7.50. The topological polar surface area (TPSA) is 92.5 Å². The van der Waals surface area contributed by atoms with Crippen LogP contribution in [0.15, 0.2) is 24.3 Å². The van der Waals surface area contributed by atoms with Gasteiger partial charge in [-0.2, -0.15) is 0 Å². The predicted molar refractivity (Wildman–Crippen MR) is 57.0 cm³/mol. The van der Waals surface area contributed by atoms with Crippen LogP contribution in [0.2, 0.25) is 0 Å².